The van der Waals surface area contributed by atoms with Gasteiger partial charge >= 0.3 is 0 Å². The van der Waals surface area contributed by atoms with E-state index in [1.807, 2.05) is 54.6 Å². The first kappa shape index (κ1) is 24.0. The second kappa shape index (κ2) is 10.9. The Morgan fingerprint density at radius 3 is 2.03 bits per heavy atom. The largest absolute Gasteiger partial charge is 0.489 e. The number of carbonyl (C=O) groups is 1. The molecule has 0 aromatic heterocycles. The zero-order chi connectivity index (χ0) is 25.5. The summed E-state index contributed by atoms with van der Waals surface area (Å²) in [7, 11) is 0. The van der Waals surface area contributed by atoms with Crippen LogP contribution in [0.5, 0.6) is 5.75 Å². The number of carbonyl (C=O) groups excluding carboxylic acids is 1. The summed E-state index contributed by atoms with van der Waals surface area (Å²) < 4.78 is 5.99. The van der Waals surface area contributed by atoms with E-state index in [2.05, 4.69) is 34.8 Å². The first-order valence-electron chi connectivity index (χ1n) is 12.0. The summed E-state index contributed by atoms with van der Waals surface area (Å²) in [6, 6.07) is 39.5. The average Bonchev–Trinajstić information content (AvgIpc) is 2.97. The third kappa shape index (κ3) is 5.27. The third-order valence-corrected chi connectivity index (χ3v) is 6.25. The smallest absolute Gasteiger partial charge is 0.281 e. The minimum Gasteiger partial charge on any atom is -0.489 e. The quantitative estimate of drug-likeness (QED) is 0.215. The fourth-order valence-corrected chi connectivity index (χ4v) is 4.26. The molecular formula is C32H26N2O3. The van der Waals surface area contributed by atoms with Crippen LogP contribution in [0, 0.1) is 0 Å². The summed E-state index contributed by atoms with van der Waals surface area (Å²) >= 11 is 0. The second-order valence-electron chi connectivity index (χ2n) is 8.64. The van der Waals surface area contributed by atoms with Crippen molar-refractivity contribution in [1.82, 2.24) is 5.43 Å². The molecular weight excluding hydrogens is 460 g/mol. The Balaban J connectivity index is 1.25. The minimum atomic E-state index is -1.88. The number of hydrazone groups is 1. The zero-order valence-electron chi connectivity index (χ0n) is 20.1. The SMILES string of the molecule is O=C(N/N=C/c1ccc(OCc2cccc3ccccc23)cc1)C(O)(c1ccccc1)c1ccccc1. The molecule has 0 radical (unpaired) electrons. The second-order valence-corrected chi connectivity index (χ2v) is 8.64. The van der Waals surface area contributed by atoms with Crippen LogP contribution in [0.3, 0.4) is 0 Å². The maximum Gasteiger partial charge on any atom is 0.281 e. The highest BCUT2D eigenvalue weighted by Gasteiger charge is 2.39. The summed E-state index contributed by atoms with van der Waals surface area (Å²) in [5.41, 5.74) is 3.44. The Labute approximate surface area is 215 Å². The summed E-state index contributed by atoms with van der Waals surface area (Å²) in [5.74, 6) is 0.0906. The molecule has 2 N–H and O–H groups in total. The van der Waals surface area contributed by atoms with Crippen LogP contribution < -0.4 is 10.2 Å². The van der Waals surface area contributed by atoms with E-state index in [4.69, 9.17) is 4.74 Å². The summed E-state index contributed by atoms with van der Waals surface area (Å²) in [6.07, 6.45) is 1.53. The maximum absolute atomic E-state index is 13.1. The van der Waals surface area contributed by atoms with Crippen molar-refractivity contribution in [2.24, 2.45) is 5.10 Å². The molecule has 1 amide bonds. The van der Waals surface area contributed by atoms with Crippen LogP contribution in [0.25, 0.3) is 10.8 Å². The van der Waals surface area contributed by atoms with Crippen molar-refractivity contribution in [3.8, 4) is 5.75 Å². The van der Waals surface area contributed by atoms with E-state index in [1.165, 1.54) is 17.0 Å². The van der Waals surface area contributed by atoms with E-state index in [0.29, 0.717) is 17.7 Å². The summed E-state index contributed by atoms with van der Waals surface area (Å²) in [6.45, 7) is 0.461. The molecule has 5 nitrogen and oxygen atoms in total. The van der Waals surface area contributed by atoms with Crippen molar-refractivity contribution in [3.05, 3.63) is 150 Å². The molecule has 0 unspecified atom stereocenters. The maximum atomic E-state index is 13.1. The van der Waals surface area contributed by atoms with Gasteiger partial charge in [-0.3, -0.25) is 4.79 Å². The normalized spacial score (nSPS) is 11.5. The van der Waals surface area contributed by atoms with Crippen LogP contribution in [-0.4, -0.2) is 17.2 Å². The van der Waals surface area contributed by atoms with Gasteiger partial charge < -0.3 is 9.84 Å². The standard InChI is InChI=1S/C32H26N2O3/c35-31(32(36,27-13-3-1-4-14-27)28-15-5-2-6-16-28)34-33-22-24-18-20-29(21-19-24)37-23-26-12-9-11-25-10-7-8-17-30(25)26/h1-22,36H,23H2,(H,34,35)/b33-22+. The molecule has 5 heteroatoms. The van der Waals surface area contributed by atoms with Crippen LogP contribution >= 0.6 is 0 Å². The van der Waals surface area contributed by atoms with Crippen LogP contribution in [0.2, 0.25) is 0 Å². The van der Waals surface area contributed by atoms with Crippen LogP contribution in [0.15, 0.2) is 132 Å². The highest BCUT2D eigenvalue weighted by atomic mass is 16.5. The topological polar surface area (TPSA) is 70.9 Å². The minimum absolute atomic E-state index is 0.460. The molecule has 5 aromatic carbocycles. The van der Waals surface area contributed by atoms with Gasteiger partial charge in [-0.15, -0.1) is 0 Å². The summed E-state index contributed by atoms with van der Waals surface area (Å²) in [4.78, 5) is 13.1. The van der Waals surface area contributed by atoms with Gasteiger partial charge in [-0.25, -0.2) is 5.43 Å². The molecule has 0 saturated carbocycles. The lowest BCUT2D eigenvalue weighted by Gasteiger charge is -2.27. The van der Waals surface area contributed by atoms with Crippen molar-refractivity contribution in [1.29, 1.82) is 0 Å². The van der Waals surface area contributed by atoms with Gasteiger partial charge in [-0.1, -0.05) is 103 Å². The first-order valence-corrected chi connectivity index (χ1v) is 12.0. The van der Waals surface area contributed by atoms with Gasteiger partial charge in [0.1, 0.15) is 12.4 Å². The van der Waals surface area contributed by atoms with Crippen molar-refractivity contribution < 1.29 is 14.6 Å². The molecule has 0 heterocycles. The number of fused-ring (bicyclic) bond motifs is 1. The predicted molar refractivity (Wildman–Crippen MR) is 146 cm³/mol. The lowest BCUT2D eigenvalue weighted by molar-refractivity contribution is -0.136. The Morgan fingerprint density at radius 1 is 0.757 bits per heavy atom. The molecule has 0 atom stereocenters. The molecule has 0 saturated heterocycles. The number of amides is 1. The number of ether oxygens (including phenoxy) is 1. The summed E-state index contributed by atoms with van der Waals surface area (Å²) in [5, 5.41) is 17.9. The van der Waals surface area contributed by atoms with Crippen molar-refractivity contribution in [2.45, 2.75) is 12.2 Å². The molecule has 5 aromatic rings. The third-order valence-electron chi connectivity index (χ3n) is 6.25. The van der Waals surface area contributed by atoms with E-state index in [-0.39, 0.29) is 0 Å². The number of hydrogen-bond acceptors (Lipinski definition) is 4. The molecule has 182 valence electrons. The van der Waals surface area contributed by atoms with Crippen LogP contribution in [0.4, 0.5) is 0 Å². The number of nitrogens with one attached hydrogen (secondary N) is 1. The van der Waals surface area contributed by atoms with Gasteiger partial charge in [0.2, 0.25) is 0 Å². The van der Waals surface area contributed by atoms with E-state index in [1.54, 1.807) is 48.5 Å². The van der Waals surface area contributed by atoms with Crippen molar-refractivity contribution >= 4 is 22.9 Å². The number of nitrogens with zero attached hydrogens (tertiary/aromatic N) is 1. The Bertz CT molecular complexity index is 1470. The average molecular weight is 487 g/mol. The number of aliphatic hydroxyl groups is 1. The molecule has 0 bridgehead atoms. The van der Waals surface area contributed by atoms with Crippen LogP contribution in [-0.2, 0) is 17.0 Å². The molecule has 5 rings (SSSR count). The molecule has 0 spiro atoms. The molecule has 0 aliphatic heterocycles. The Kier molecular flexibility index (Phi) is 7.06. The van der Waals surface area contributed by atoms with Gasteiger partial charge in [-0.05, 0) is 57.3 Å². The van der Waals surface area contributed by atoms with Gasteiger partial charge in [0.05, 0.1) is 6.21 Å². The van der Waals surface area contributed by atoms with E-state index < -0.39 is 11.5 Å². The molecule has 37 heavy (non-hydrogen) atoms. The lowest BCUT2D eigenvalue weighted by Crippen LogP contribution is -2.43. The Hall–Kier alpha value is -4.74. The van der Waals surface area contributed by atoms with E-state index >= 15 is 0 Å². The number of benzene rings is 5. The Morgan fingerprint density at radius 2 is 1.35 bits per heavy atom. The fourth-order valence-electron chi connectivity index (χ4n) is 4.26. The van der Waals surface area contributed by atoms with Crippen molar-refractivity contribution in [3.63, 3.8) is 0 Å². The highest BCUT2D eigenvalue weighted by molar-refractivity contribution is 5.91. The first-order chi connectivity index (χ1) is 18.1. The molecule has 0 aliphatic rings. The van der Waals surface area contributed by atoms with Crippen LogP contribution in [0.1, 0.15) is 22.3 Å². The van der Waals surface area contributed by atoms with Gasteiger partial charge in [0.15, 0.2) is 5.60 Å². The predicted octanol–water partition coefficient (Wildman–Crippen LogP) is 5.81. The molecule has 0 fully saturated rings. The highest BCUT2D eigenvalue weighted by Crippen LogP contribution is 2.30. The monoisotopic (exact) mass is 486 g/mol. The van der Waals surface area contributed by atoms with Crippen molar-refractivity contribution in [2.75, 3.05) is 0 Å². The van der Waals surface area contributed by atoms with Gasteiger partial charge in [0, 0.05) is 0 Å². The fraction of sp³-hybridized carbons (Fsp3) is 0.0625. The number of rotatable bonds is 8. The van der Waals surface area contributed by atoms with E-state index in [9.17, 15) is 9.90 Å². The molecule has 0 aliphatic carbocycles. The number of hydrogen-bond donors (Lipinski definition) is 2. The van der Waals surface area contributed by atoms with E-state index in [0.717, 1.165) is 16.9 Å². The zero-order valence-corrected chi connectivity index (χ0v) is 20.1. The van der Waals surface area contributed by atoms with Gasteiger partial charge in [0.25, 0.3) is 5.91 Å². The van der Waals surface area contributed by atoms with Gasteiger partial charge in [-0.2, -0.15) is 5.10 Å². The lowest BCUT2D eigenvalue weighted by atomic mass is 9.85.